The number of fused-ring (bicyclic) bond motifs is 4. The van der Waals surface area contributed by atoms with Gasteiger partial charge in [-0.05, 0) is 59.9 Å². The highest BCUT2D eigenvalue weighted by Gasteiger charge is 2.44. The summed E-state index contributed by atoms with van der Waals surface area (Å²) in [5.74, 6) is -0.286. The number of esters is 1. The van der Waals surface area contributed by atoms with E-state index in [1.807, 2.05) is 50.2 Å². The highest BCUT2D eigenvalue weighted by molar-refractivity contribution is 6.30. The van der Waals surface area contributed by atoms with Crippen LogP contribution in [-0.4, -0.2) is 13.1 Å². The van der Waals surface area contributed by atoms with Crippen LogP contribution in [0.2, 0.25) is 5.02 Å². The molecule has 0 saturated heterocycles. The highest BCUT2D eigenvalue weighted by Crippen LogP contribution is 2.54. The van der Waals surface area contributed by atoms with Gasteiger partial charge in [-0.3, -0.25) is 0 Å². The fraction of sp³-hybridized carbons (Fsp3) is 0.208. The first-order valence-electron chi connectivity index (χ1n) is 9.25. The third kappa shape index (κ3) is 2.30. The number of rotatable bonds is 2. The Morgan fingerprint density at radius 1 is 0.964 bits per heavy atom. The van der Waals surface area contributed by atoms with Crippen LogP contribution in [0, 0.1) is 0 Å². The second kappa shape index (κ2) is 5.94. The third-order valence-corrected chi connectivity index (χ3v) is 5.97. The molecule has 1 aliphatic heterocycles. The van der Waals surface area contributed by atoms with Crippen molar-refractivity contribution in [3.63, 3.8) is 0 Å². The Morgan fingerprint density at radius 2 is 1.68 bits per heavy atom. The van der Waals surface area contributed by atoms with Gasteiger partial charge in [0.25, 0.3) is 0 Å². The molecule has 0 fully saturated rings. The quantitative estimate of drug-likeness (QED) is 0.494. The zero-order valence-corrected chi connectivity index (χ0v) is 16.6. The second-order valence-corrected chi connectivity index (χ2v) is 8.18. The van der Waals surface area contributed by atoms with Crippen molar-refractivity contribution in [1.82, 2.24) is 0 Å². The van der Waals surface area contributed by atoms with Gasteiger partial charge >= 0.3 is 5.97 Å². The zero-order chi connectivity index (χ0) is 19.6. The van der Waals surface area contributed by atoms with E-state index in [4.69, 9.17) is 21.1 Å². The molecule has 0 bridgehead atoms. The van der Waals surface area contributed by atoms with Gasteiger partial charge in [-0.25, -0.2) is 4.79 Å². The normalized spacial score (nSPS) is 18.4. The smallest absolute Gasteiger partial charge is 0.340 e. The number of hydrogen-bond donors (Lipinski definition) is 0. The summed E-state index contributed by atoms with van der Waals surface area (Å²) < 4.78 is 11.6. The number of cyclic esters (lactones) is 1. The van der Waals surface area contributed by atoms with Gasteiger partial charge in [-0.2, -0.15) is 0 Å². The van der Waals surface area contributed by atoms with Gasteiger partial charge in [0.15, 0.2) is 0 Å². The number of benzene rings is 3. The topological polar surface area (TPSA) is 35.5 Å². The summed E-state index contributed by atoms with van der Waals surface area (Å²) in [4.78, 5) is 12.9. The number of halogens is 1. The minimum atomic E-state index is -0.685. The maximum Gasteiger partial charge on any atom is 0.340 e. The Morgan fingerprint density at radius 3 is 2.39 bits per heavy atom. The third-order valence-electron chi connectivity index (χ3n) is 5.72. The summed E-state index contributed by atoms with van der Waals surface area (Å²) in [5, 5.41) is 0.658. The Balaban J connectivity index is 1.94. The molecule has 1 aliphatic carbocycles. The van der Waals surface area contributed by atoms with Gasteiger partial charge in [-0.1, -0.05) is 48.0 Å². The summed E-state index contributed by atoms with van der Waals surface area (Å²) in [6.07, 6.45) is -0.172. The molecule has 0 spiro atoms. The van der Waals surface area contributed by atoms with Crippen molar-refractivity contribution in [3.8, 4) is 22.3 Å². The molecule has 0 aromatic heterocycles. The molecule has 0 N–H and O–H groups in total. The molecule has 0 amide bonds. The van der Waals surface area contributed by atoms with Crippen LogP contribution in [0.4, 0.5) is 0 Å². The van der Waals surface area contributed by atoms with Crippen LogP contribution in [-0.2, 0) is 15.1 Å². The molecular formula is C24H19ClO3. The first-order valence-corrected chi connectivity index (χ1v) is 9.63. The van der Waals surface area contributed by atoms with Crippen molar-refractivity contribution in [2.45, 2.75) is 25.6 Å². The fourth-order valence-electron chi connectivity index (χ4n) is 4.51. The van der Waals surface area contributed by atoms with Crippen LogP contribution in [0.15, 0.2) is 54.6 Å². The first-order chi connectivity index (χ1) is 13.4. The first kappa shape index (κ1) is 17.5. The molecule has 1 atom stereocenters. The molecule has 3 nitrogen and oxygen atoms in total. The van der Waals surface area contributed by atoms with Crippen LogP contribution in [0.1, 0.15) is 47.0 Å². The Labute approximate surface area is 168 Å². The molecule has 0 saturated carbocycles. The average Bonchev–Trinajstić information content (AvgIpc) is 3.12. The summed E-state index contributed by atoms with van der Waals surface area (Å²) in [6.45, 7) is 3.86. The van der Waals surface area contributed by atoms with E-state index in [1.54, 1.807) is 7.11 Å². The summed E-state index contributed by atoms with van der Waals surface area (Å²) in [7, 11) is 1.72. The van der Waals surface area contributed by atoms with Crippen LogP contribution in [0.25, 0.3) is 22.3 Å². The van der Waals surface area contributed by atoms with Crippen molar-refractivity contribution in [2.75, 3.05) is 7.11 Å². The zero-order valence-electron chi connectivity index (χ0n) is 15.9. The molecule has 2 aliphatic rings. The number of ether oxygens (including phenoxy) is 2. The second-order valence-electron chi connectivity index (χ2n) is 7.75. The van der Waals surface area contributed by atoms with Gasteiger partial charge in [0.2, 0.25) is 0 Å². The van der Waals surface area contributed by atoms with Crippen molar-refractivity contribution >= 4 is 17.6 Å². The Hall–Kier alpha value is -2.62. The van der Waals surface area contributed by atoms with E-state index in [1.165, 1.54) is 0 Å². The lowest BCUT2D eigenvalue weighted by atomic mass is 9.84. The van der Waals surface area contributed by atoms with E-state index >= 15 is 0 Å². The standard InChI is InChI=1S/C24H19ClO3/c1-24(2)18-12-17-20(15-6-4-5-7-16(15)22(17)27-3)19(21(18)23(26)28-24)13-8-10-14(25)11-9-13/h4-12,22H,1-3H3. The molecule has 3 aromatic carbocycles. The Kier molecular flexibility index (Phi) is 3.71. The van der Waals surface area contributed by atoms with Gasteiger partial charge in [0, 0.05) is 23.3 Å². The lowest BCUT2D eigenvalue weighted by molar-refractivity contribution is 0.00952. The molecule has 140 valence electrons. The van der Waals surface area contributed by atoms with Crippen LogP contribution < -0.4 is 0 Å². The molecule has 5 rings (SSSR count). The van der Waals surface area contributed by atoms with Gasteiger partial charge in [0.05, 0.1) is 5.56 Å². The van der Waals surface area contributed by atoms with Crippen molar-refractivity contribution in [1.29, 1.82) is 0 Å². The predicted molar refractivity (Wildman–Crippen MR) is 110 cm³/mol. The Bertz CT molecular complexity index is 1130. The van der Waals surface area contributed by atoms with E-state index in [2.05, 4.69) is 18.2 Å². The average molecular weight is 391 g/mol. The number of methoxy groups -OCH3 is 1. The van der Waals surface area contributed by atoms with Gasteiger partial charge in [-0.15, -0.1) is 0 Å². The monoisotopic (exact) mass is 390 g/mol. The van der Waals surface area contributed by atoms with Crippen LogP contribution in [0.5, 0.6) is 0 Å². The molecular weight excluding hydrogens is 372 g/mol. The summed E-state index contributed by atoms with van der Waals surface area (Å²) >= 11 is 6.12. The van der Waals surface area contributed by atoms with Crippen molar-refractivity contribution in [2.24, 2.45) is 0 Å². The van der Waals surface area contributed by atoms with Gasteiger partial charge < -0.3 is 9.47 Å². The number of hydrogen-bond acceptors (Lipinski definition) is 3. The van der Waals surface area contributed by atoms with Crippen molar-refractivity contribution in [3.05, 3.63) is 81.9 Å². The maximum atomic E-state index is 12.9. The van der Waals surface area contributed by atoms with E-state index in [9.17, 15) is 4.79 Å². The van der Waals surface area contributed by atoms with E-state index in [0.29, 0.717) is 10.6 Å². The molecule has 1 unspecified atom stereocenters. The number of carbonyl (C=O) groups excluding carboxylic acids is 1. The molecule has 3 aromatic rings. The highest BCUT2D eigenvalue weighted by atomic mass is 35.5. The molecule has 4 heteroatoms. The predicted octanol–water partition coefficient (Wildman–Crippen LogP) is 6.13. The lowest BCUT2D eigenvalue weighted by Gasteiger charge is -2.21. The van der Waals surface area contributed by atoms with E-state index < -0.39 is 5.60 Å². The van der Waals surface area contributed by atoms with E-state index in [0.717, 1.165) is 38.9 Å². The number of carbonyl (C=O) groups is 1. The SMILES string of the molecule is COC1c2ccccc2-c2c1cc1c(c2-c2ccc(Cl)cc2)C(=O)OC1(C)C. The summed E-state index contributed by atoms with van der Waals surface area (Å²) in [6, 6.07) is 17.9. The van der Waals surface area contributed by atoms with E-state index in [-0.39, 0.29) is 12.1 Å². The largest absolute Gasteiger partial charge is 0.451 e. The maximum absolute atomic E-state index is 12.9. The lowest BCUT2D eigenvalue weighted by Crippen LogP contribution is -2.16. The van der Waals surface area contributed by atoms with Gasteiger partial charge in [0.1, 0.15) is 11.7 Å². The summed E-state index contributed by atoms with van der Waals surface area (Å²) in [5.41, 5.74) is 7.01. The molecule has 1 heterocycles. The fourth-order valence-corrected chi connectivity index (χ4v) is 4.63. The van der Waals surface area contributed by atoms with Crippen molar-refractivity contribution < 1.29 is 14.3 Å². The molecule has 0 radical (unpaired) electrons. The van der Waals surface area contributed by atoms with Crippen LogP contribution >= 0.6 is 11.6 Å². The van der Waals surface area contributed by atoms with Crippen LogP contribution in [0.3, 0.4) is 0 Å². The minimum absolute atomic E-state index is 0.172. The minimum Gasteiger partial charge on any atom is -0.451 e. The molecule has 28 heavy (non-hydrogen) atoms.